The molecule has 0 aliphatic heterocycles. The Balaban J connectivity index is 1.60. The fourth-order valence-electron chi connectivity index (χ4n) is 2.10. The number of rotatable bonds is 11. The molecule has 1 aromatic rings. The summed E-state index contributed by atoms with van der Waals surface area (Å²) in [5.41, 5.74) is 1.27. The Labute approximate surface area is 141 Å². The van der Waals surface area contributed by atoms with Crippen molar-refractivity contribution in [1.29, 1.82) is 0 Å². The van der Waals surface area contributed by atoms with E-state index in [-0.39, 0.29) is 21.9 Å². The molecule has 0 amide bonds. The van der Waals surface area contributed by atoms with Crippen LogP contribution in [0, 0.1) is 5.92 Å². The SMILES string of the molecule is CC(C)[AsH]CC(O)COc1ccc(CCOCC2CC2)cc1. The average Bonchev–Trinajstić information content (AvgIpc) is 3.33. The Morgan fingerprint density at radius 1 is 1.23 bits per heavy atom. The molecule has 2 atom stereocenters. The summed E-state index contributed by atoms with van der Waals surface area (Å²) in [5, 5.41) is 10.8. The molecule has 0 bridgehead atoms. The van der Waals surface area contributed by atoms with Crippen molar-refractivity contribution in [3.05, 3.63) is 29.8 Å². The van der Waals surface area contributed by atoms with E-state index in [1.165, 1.54) is 18.4 Å². The van der Waals surface area contributed by atoms with Crippen molar-refractivity contribution in [3.63, 3.8) is 0 Å². The number of ether oxygens (including phenoxy) is 2. The second-order valence-corrected chi connectivity index (χ2v) is 10.6. The Morgan fingerprint density at radius 3 is 2.59 bits per heavy atom. The van der Waals surface area contributed by atoms with Gasteiger partial charge in [0, 0.05) is 0 Å². The normalized spacial score (nSPS) is 16.5. The van der Waals surface area contributed by atoms with Crippen LogP contribution in [0.2, 0.25) is 9.91 Å². The molecule has 1 aromatic carbocycles. The van der Waals surface area contributed by atoms with E-state index in [0.717, 1.165) is 41.2 Å². The molecule has 0 spiro atoms. The van der Waals surface area contributed by atoms with Crippen LogP contribution in [0.4, 0.5) is 0 Å². The second kappa shape index (κ2) is 9.60. The third kappa shape index (κ3) is 7.67. The molecule has 1 N–H and O–H groups in total. The Morgan fingerprint density at radius 2 is 1.95 bits per heavy atom. The van der Waals surface area contributed by atoms with Gasteiger partial charge in [0.1, 0.15) is 0 Å². The predicted octanol–water partition coefficient (Wildman–Crippen LogP) is 3.08. The third-order valence-corrected chi connectivity index (χ3v) is 6.91. The zero-order valence-electron chi connectivity index (χ0n) is 13.8. The van der Waals surface area contributed by atoms with Gasteiger partial charge >= 0.3 is 122 Å². The van der Waals surface area contributed by atoms with E-state index in [2.05, 4.69) is 26.0 Å². The van der Waals surface area contributed by atoms with Crippen LogP contribution in [0.1, 0.15) is 32.3 Å². The number of hydrogen-bond acceptors (Lipinski definition) is 3. The van der Waals surface area contributed by atoms with Crippen molar-refractivity contribution in [2.45, 2.75) is 49.1 Å². The Hall–Kier alpha value is -0.502. The number of benzene rings is 1. The fraction of sp³-hybridized carbons (Fsp3) is 0.667. The van der Waals surface area contributed by atoms with E-state index in [1.54, 1.807) is 0 Å². The van der Waals surface area contributed by atoms with E-state index >= 15 is 0 Å². The maximum atomic E-state index is 9.90. The fourth-order valence-corrected chi connectivity index (χ4v) is 3.91. The van der Waals surface area contributed by atoms with Crippen LogP contribution in [0.5, 0.6) is 5.75 Å². The zero-order chi connectivity index (χ0) is 15.8. The first-order valence-electron chi connectivity index (χ1n) is 8.34. The van der Waals surface area contributed by atoms with Crippen LogP contribution >= 0.6 is 0 Å². The van der Waals surface area contributed by atoms with Gasteiger partial charge < -0.3 is 0 Å². The summed E-state index contributed by atoms with van der Waals surface area (Å²) in [6, 6.07) is 8.15. The van der Waals surface area contributed by atoms with Gasteiger partial charge in [0.2, 0.25) is 0 Å². The van der Waals surface area contributed by atoms with Gasteiger partial charge in [0.25, 0.3) is 0 Å². The van der Waals surface area contributed by atoms with Gasteiger partial charge in [-0.1, -0.05) is 0 Å². The van der Waals surface area contributed by atoms with Crippen molar-refractivity contribution in [3.8, 4) is 5.75 Å². The van der Waals surface area contributed by atoms with Crippen LogP contribution in [-0.4, -0.2) is 46.8 Å². The molecular weight excluding hydrogens is 339 g/mol. The van der Waals surface area contributed by atoms with Crippen molar-refractivity contribution < 1.29 is 14.6 Å². The summed E-state index contributed by atoms with van der Waals surface area (Å²) in [7, 11) is 0. The van der Waals surface area contributed by atoms with E-state index < -0.39 is 0 Å². The molecule has 0 saturated heterocycles. The predicted molar refractivity (Wildman–Crippen MR) is 92.2 cm³/mol. The van der Waals surface area contributed by atoms with Crippen LogP contribution in [0.15, 0.2) is 24.3 Å². The van der Waals surface area contributed by atoms with Crippen LogP contribution in [0.25, 0.3) is 0 Å². The van der Waals surface area contributed by atoms with E-state index in [0.29, 0.717) is 6.61 Å². The third-order valence-electron chi connectivity index (χ3n) is 3.71. The molecule has 1 fully saturated rings. The molecule has 124 valence electrons. The minimum atomic E-state index is -0.321. The molecule has 1 saturated carbocycles. The molecule has 3 nitrogen and oxygen atoms in total. The topological polar surface area (TPSA) is 38.7 Å². The molecule has 0 aromatic heterocycles. The molecule has 2 unspecified atom stereocenters. The molecule has 1 aliphatic carbocycles. The average molecular weight is 368 g/mol. The van der Waals surface area contributed by atoms with Crippen molar-refractivity contribution in [2.24, 2.45) is 5.92 Å². The molecule has 2 rings (SSSR count). The monoisotopic (exact) mass is 368 g/mol. The maximum absolute atomic E-state index is 9.90. The first-order chi connectivity index (χ1) is 10.6. The molecule has 4 heteroatoms. The summed E-state index contributed by atoms with van der Waals surface area (Å²) in [4.78, 5) is 0. The van der Waals surface area contributed by atoms with Gasteiger partial charge in [-0.25, -0.2) is 0 Å². The van der Waals surface area contributed by atoms with E-state index in [1.807, 2.05) is 12.1 Å². The summed E-state index contributed by atoms with van der Waals surface area (Å²) in [6.07, 6.45) is 3.32. The first-order valence-corrected chi connectivity index (χ1v) is 11.0. The summed E-state index contributed by atoms with van der Waals surface area (Å²) >= 11 is -0.0458. The van der Waals surface area contributed by atoms with Gasteiger partial charge in [0.05, 0.1) is 0 Å². The zero-order valence-corrected chi connectivity index (χ0v) is 15.9. The Bertz CT molecular complexity index is 415. The molecule has 0 heterocycles. The summed E-state index contributed by atoms with van der Waals surface area (Å²) < 4.78 is 12.1. The number of hydrogen-bond donors (Lipinski definition) is 1. The van der Waals surface area contributed by atoms with Crippen LogP contribution < -0.4 is 4.74 Å². The first kappa shape index (κ1) is 17.8. The molecular formula is C18H29AsO3. The van der Waals surface area contributed by atoms with Crippen molar-refractivity contribution >= 4 is 15.8 Å². The van der Waals surface area contributed by atoms with E-state index in [9.17, 15) is 5.11 Å². The van der Waals surface area contributed by atoms with Gasteiger partial charge in [0.15, 0.2) is 0 Å². The quantitative estimate of drug-likeness (QED) is 0.482. The minimum absolute atomic E-state index is 0.0458. The van der Waals surface area contributed by atoms with Crippen LogP contribution in [-0.2, 0) is 11.2 Å². The second-order valence-electron chi connectivity index (χ2n) is 6.44. The van der Waals surface area contributed by atoms with Crippen molar-refractivity contribution in [2.75, 3.05) is 19.8 Å². The molecule has 0 radical (unpaired) electrons. The molecule has 22 heavy (non-hydrogen) atoms. The summed E-state index contributed by atoms with van der Waals surface area (Å²) in [6.45, 7) is 6.58. The van der Waals surface area contributed by atoms with E-state index in [4.69, 9.17) is 9.47 Å². The van der Waals surface area contributed by atoms with Gasteiger partial charge in [-0.2, -0.15) is 0 Å². The van der Waals surface area contributed by atoms with Gasteiger partial charge in [-0.15, -0.1) is 0 Å². The Kier molecular flexibility index (Phi) is 7.78. The van der Waals surface area contributed by atoms with Crippen LogP contribution in [0.3, 0.4) is 0 Å². The van der Waals surface area contributed by atoms with Gasteiger partial charge in [-0.05, 0) is 18.8 Å². The molecule has 1 aliphatic rings. The van der Waals surface area contributed by atoms with Gasteiger partial charge in [-0.3, -0.25) is 0 Å². The number of aliphatic hydroxyl groups is 1. The summed E-state index contributed by atoms with van der Waals surface area (Å²) in [5.74, 6) is 1.67. The number of aliphatic hydroxyl groups excluding tert-OH is 1. The standard InChI is InChI=1S/C18H29AsO3/c1-14(2)19-11-17(20)13-22-18-7-5-15(6-8-18)9-10-21-12-16-3-4-16/h5-8,14,16-17,19-20H,3-4,9-13H2,1-2H3. The van der Waals surface area contributed by atoms with Crippen molar-refractivity contribution in [1.82, 2.24) is 0 Å².